The smallest absolute Gasteiger partial charge is 0.410 e. The monoisotopic (exact) mass is 352 g/mol. The Kier molecular flexibility index (Phi) is 3.66. The highest BCUT2D eigenvalue weighted by molar-refractivity contribution is 5.85. The summed E-state index contributed by atoms with van der Waals surface area (Å²) in [6.45, 7) is 0.0887. The normalized spacial score (nSPS) is 21.8. The van der Waals surface area contributed by atoms with Crippen molar-refractivity contribution < 1.29 is 20.8 Å². The average molecular weight is 352 g/mol. The lowest BCUT2D eigenvalue weighted by atomic mass is 9.98. The highest BCUT2D eigenvalue weighted by Gasteiger charge is 2.47. The third kappa shape index (κ3) is 2.46. The molecular formula is C21H21NO4. The molecule has 1 amide bonds. The summed E-state index contributed by atoms with van der Waals surface area (Å²) in [7, 11) is 0. The number of rotatable bonds is 3. The zero-order valence-corrected chi connectivity index (χ0v) is 14.4. The second-order valence-electron chi connectivity index (χ2n) is 6.90. The van der Waals surface area contributed by atoms with Gasteiger partial charge in [-0.25, -0.2) is 9.59 Å². The maximum Gasteiger partial charge on any atom is 0.410 e. The largest absolute Gasteiger partial charge is 0.480 e. The Morgan fingerprint density at radius 2 is 1.81 bits per heavy atom. The van der Waals surface area contributed by atoms with Gasteiger partial charge in [0.25, 0.3) is 0 Å². The summed E-state index contributed by atoms with van der Waals surface area (Å²) in [5.41, 5.74) is 3.03. The van der Waals surface area contributed by atoms with Crippen molar-refractivity contribution >= 4 is 12.1 Å². The number of ether oxygens (including phenoxy) is 1. The van der Waals surface area contributed by atoms with E-state index in [0.29, 0.717) is 13.0 Å². The van der Waals surface area contributed by atoms with Crippen molar-refractivity contribution in [3.8, 4) is 11.1 Å². The molecule has 0 unspecified atom stereocenters. The average Bonchev–Trinajstić information content (AvgIpc) is 3.27. The van der Waals surface area contributed by atoms with Crippen LogP contribution in [0.25, 0.3) is 11.1 Å². The van der Waals surface area contributed by atoms with Crippen molar-refractivity contribution in [3.63, 3.8) is 0 Å². The van der Waals surface area contributed by atoms with Crippen LogP contribution < -0.4 is 0 Å². The van der Waals surface area contributed by atoms with Gasteiger partial charge in [-0.2, -0.15) is 0 Å². The molecule has 2 aliphatic rings. The van der Waals surface area contributed by atoms with E-state index >= 15 is 0 Å². The minimum Gasteiger partial charge on any atom is -0.480 e. The summed E-state index contributed by atoms with van der Waals surface area (Å²) < 4.78 is 13.2. The van der Waals surface area contributed by atoms with Crippen molar-refractivity contribution in [2.45, 2.75) is 31.2 Å². The van der Waals surface area contributed by atoms with Gasteiger partial charge < -0.3 is 9.84 Å². The van der Waals surface area contributed by atoms with Gasteiger partial charge in [0.15, 0.2) is 0 Å². The lowest BCUT2D eigenvalue weighted by Crippen LogP contribution is -2.51. The van der Waals surface area contributed by atoms with E-state index in [1.165, 1.54) is 4.90 Å². The van der Waals surface area contributed by atoms with Gasteiger partial charge in [-0.3, -0.25) is 4.90 Å². The Balaban J connectivity index is 1.56. The summed E-state index contributed by atoms with van der Waals surface area (Å²) in [6, 6.07) is 16.1. The van der Waals surface area contributed by atoms with Crippen LogP contribution in [0.3, 0.4) is 0 Å². The number of amides is 1. The number of aliphatic carboxylic acids is 1. The van der Waals surface area contributed by atoms with E-state index in [4.69, 9.17) is 6.11 Å². The van der Waals surface area contributed by atoms with Crippen LogP contribution in [0.15, 0.2) is 48.5 Å². The lowest BCUT2D eigenvalue weighted by molar-refractivity contribution is -0.147. The second-order valence-corrected chi connectivity index (χ2v) is 6.90. The predicted octanol–water partition coefficient (Wildman–Crippen LogP) is 3.87. The summed E-state index contributed by atoms with van der Waals surface area (Å²) in [5, 5.41) is 9.55. The number of hydrogen-bond donors (Lipinski definition) is 1. The predicted molar refractivity (Wildman–Crippen MR) is 97.0 cm³/mol. The number of carbonyl (C=O) groups is 2. The minimum absolute atomic E-state index is 0.0702. The van der Waals surface area contributed by atoms with Crippen molar-refractivity contribution in [2.75, 3.05) is 13.2 Å². The number of nitrogens with zero attached hydrogens (tertiary/aromatic N) is 1. The van der Waals surface area contributed by atoms with E-state index in [1.807, 2.05) is 36.4 Å². The Labute approximate surface area is 153 Å². The molecule has 1 N–H and O–H groups in total. The molecule has 1 fully saturated rings. The summed E-state index contributed by atoms with van der Waals surface area (Å²) in [6.07, 6.45) is 0.204. The zero-order valence-electron chi connectivity index (χ0n) is 15.4. The Morgan fingerprint density at radius 3 is 2.38 bits per heavy atom. The number of likely N-dealkylation sites (tertiary alicyclic amines) is 1. The van der Waals surface area contributed by atoms with Gasteiger partial charge in [-0.05, 0) is 42.0 Å². The fraction of sp³-hybridized carbons (Fsp3) is 0.333. The first-order valence-electron chi connectivity index (χ1n) is 9.44. The van der Waals surface area contributed by atoms with Crippen LogP contribution in [-0.4, -0.2) is 40.8 Å². The third-order valence-corrected chi connectivity index (χ3v) is 5.44. The molecule has 1 aliphatic heterocycles. The van der Waals surface area contributed by atoms with Gasteiger partial charge in [0.2, 0.25) is 0 Å². The quantitative estimate of drug-likeness (QED) is 0.910. The molecule has 0 saturated carbocycles. The van der Waals surface area contributed by atoms with E-state index in [1.54, 1.807) is 0 Å². The van der Waals surface area contributed by atoms with E-state index in [0.717, 1.165) is 22.3 Å². The van der Waals surface area contributed by atoms with Gasteiger partial charge in [-0.1, -0.05) is 48.5 Å². The van der Waals surface area contributed by atoms with Gasteiger partial charge in [0.05, 0.1) is 0 Å². The topological polar surface area (TPSA) is 66.8 Å². The van der Waals surface area contributed by atoms with Crippen molar-refractivity contribution in [1.29, 1.82) is 0 Å². The Morgan fingerprint density at radius 1 is 1.19 bits per heavy atom. The third-order valence-electron chi connectivity index (χ3n) is 5.44. The number of hydrogen-bond acceptors (Lipinski definition) is 3. The van der Waals surface area contributed by atoms with Crippen molar-refractivity contribution in [2.24, 2.45) is 0 Å². The molecule has 5 nitrogen and oxygen atoms in total. The van der Waals surface area contributed by atoms with Crippen LogP contribution in [0.4, 0.5) is 4.79 Å². The Hall–Kier alpha value is -2.82. The van der Waals surface area contributed by atoms with Gasteiger partial charge >= 0.3 is 12.1 Å². The maximum absolute atomic E-state index is 12.7. The van der Waals surface area contributed by atoms with E-state index in [2.05, 4.69) is 12.1 Å². The Bertz CT molecular complexity index is 854. The SMILES string of the molecule is [2H]C[C@@]1(C(=O)O)CCCN1C(=O)OCC1c2ccccc2-c2ccccc21. The molecule has 5 heteroatoms. The van der Waals surface area contributed by atoms with Gasteiger partial charge in [-0.15, -0.1) is 0 Å². The molecule has 1 atom stereocenters. The summed E-state index contributed by atoms with van der Waals surface area (Å²) in [5.74, 6) is -1.21. The summed E-state index contributed by atoms with van der Waals surface area (Å²) in [4.78, 5) is 25.6. The fourth-order valence-electron chi connectivity index (χ4n) is 4.04. The van der Waals surface area contributed by atoms with Gasteiger partial charge in [0, 0.05) is 13.8 Å². The van der Waals surface area contributed by atoms with Crippen LogP contribution >= 0.6 is 0 Å². The van der Waals surface area contributed by atoms with E-state index in [-0.39, 0.29) is 25.8 Å². The molecule has 4 rings (SSSR count). The molecule has 1 aliphatic carbocycles. The second kappa shape index (κ2) is 6.16. The van der Waals surface area contributed by atoms with Gasteiger partial charge in [0.1, 0.15) is 12.1 Å². The molecule has 0 aromatic heterocycles. The molecule has 1 saturated heterocycles. The zero-order chi connectivity index (χ0) is 19.0. The summed E-state index contributed by atoms with van der Waals surface area (Å²) >= 11 is 0. The van der Waals surface area contributed by atoms with Crippen molar-refractivity contribution in [3.05, 3.63) is 59.7 Å². The molecule has 26 heavy (non-hydrogen) atoms. The number of carbonyl (C=O) groups excluding carboxylic acids is 1. The van der Waals surface area contributed by atoms with Crippen LogP contribution in [0.1, 0.15) is 38.2 Å². The number of carboxylic acids is 1. The first kappa shape index (κ1) is 15.4. The minimum atomic E-state index is -1.47. The molecule has 0 bridgehead atoms. The standard InChI is InChI=1S/C21H21NO4/c1-21(19(23)24)11-6-12-22(21)20(25)26-13-18-16-9-4-2-7-14(16)15-8-3-5-10-17(15)18/h2-5,7-10,18H,6,11-13H2,1H3,(H,23,24)/t21-/m0/s1/i1D. The number of carboxylic acid groups (broad SMARTS) is 1. The highest BCUT2D eigenvalue weighted by Crippen LogP contribution is 2.44. The molecule has 0 spiro atoms. The maximum atomic E-state index is 12.7. The lowest BCUT2D eigenvalue weighted by Gasteiger charge is -2.30. The molecule has 0 radical (unpaired) electrons. The number of benzene rings is 2. The van der Waals surface area contributed by atoms with Crippen LogP contribution in [0.2, 0.25) is 0 Å². The number of fused-ring (bicyclic) bond motifs is 3. The molecule has 2 aromatic rings. The molecule has 134 valence electrons. The molecular weight excluding hydrogens is 330 g/mol. The van der Waals surface area contributed by atoms with Crippen molar-refractivity contribution in [1.82, 2.24) is 4.90 Å². The first-order chi connectivity index (χ1) is 13.1. The molecule has 2 aromatic carbocycles. The molecule has 1 heterocycles. The first-order valence-corrected chi connectivity index (χ1v) is 8.74. The van der Waals surface area contributed by atoms with Crippen LogP contribution in [0, 0.1) is 0 Å². The van der Waals surface area contributed by atoms with E-state index in [9.17, 15) is 14.7 Å². The van der Waals surface area contributed by atoms with Crippen LogP contribution in [0.5, 0.6) is 0 Å². The highest BCUT2D eigenvalue weighted by atomic mass is 16.6. The fourth-order valence-corrected chi connectivity index (χ4v) is 4.04. The van der Waals surface area contributed by atoms with Crippen LogP contribution in [-0.2, 0) is 9.53 Å². The van der Waals surface area contributed by atoms with E-state index < -0.39 is 17.6 Å².